The van der Waals surface area contributed by atoms with Crippen LogP contribution in [0, 0.1) is 6.92 Å². The summed E-state index contributed by atoms with van der Waals surface area (Å²) in [7, 11) is -3.77. The molecule has 0 fully saturated rings. The molecule has 9 heteroatoms. The Balaban J connectivity index is 2.24. The number of aromatic nitrogens is 2. The molecular formula is C13H15N5O3S. The molecule has 2 aromatic rings. The van der Waals surface area contributed by atoms with Crippen LogP contribution < -0.4 is 15.6 Å². The van der Waals surface area contributed by atoms with Crippen LogP contribution in [0.5, 0.6) is 0 Å². The fraction of sp³-hybridized carbons (Fsp3) is 0.154. The number of hydrogen-bond acceptors (Lipinski definition) is 6. The van der Waals surface area contributed by atoms with Crippen molar-refractivity contribution < 1.29 is 13.2 Å². The topological polar surface area (TPSA) is 113 Å². The van der Waals surface area contributed by atoms with Crippen LogP contribution in [0.1, 0.15) is 12.6 Å². The molecule has 2 rings (SSSR count). The van der Waals surface area contributed by atoms with E-state index in [0.29, 0.717) is 5.69 Å². The smallest absolute Gasteiger partial charge is 0.264 e. The summed E-state index contributed by atoms with van der Waals surface area (Å²) in [4.78, 5) is 19.0. The van der Waals surface area contributed by atoms with E-state index in [1.807, 2.05) is 0 Å². The summed E-state index contributed by atoms with van der Waals surface area (Å²) < 4.78 is 26.7. The predicted molar refractivity (Wildman–Crippen MR) is 81.5 cm³/mol. The van der Waals surface area contributed by atoms with Crippen molar-refractivity contribution >= 4 is 27.7 Å². The maximum absolute atomic E-state index is 12.2. The van der Waals surface area contributed by atoms with E-state index in [-0.39, 0.29) is 22.6 Å². The lowest BCUT2D eigenvalue weighted by atomic mass is 10.4. The van der Waals surface area contributed by atoms with Gasteiger partial charge in [-0.05, 0) is 19.1 Å². The van der Waals surface area contributed by atoms with Gasteiger partial charge in [0.2, 0.25) is 11.9 Å². The Kier molecular flexibility index (Phi) is 4.56. The molecule has 0 bridgehead atoms. The van der Waals surface area contributed by atoms with Crippen LogP contribution in [0.4, 0.5) is 11.8 Å². The maximum Gasteiger partial charge on any atom is 0.264 e. The number of sulfonamides is 1. The van der Waals surface area contributed by atoms with E-state index in [0.717, 1.165) is 0 Å². The number of carbonyl (C=O) groups excluding carboxylic acids is 1. The van der Waals surface area contributed by atoms with Crippen LogP contribution in [-0.2, 0) is 14.8 Å². The van der Waals surface area contributed by atoms with Crippen molar-refractivity contribution in [1.29, 1.82) is 0 Å². The second kappa shape index (κ2) is 6.39. The number of nitrogens with one attached hydrogen (secondary N) is 3. The second-order valence-electron chi connectivity index (χ2n) is 4.44. The van der Waals surface area contributed by atoms with Crippen molar-refractivity contribution in [1.82, 2.24) is 15.4 Å². The number of carbonyl (C=O) groups is 1. The van der Waals surface area contributed by atoms with Crippen LogP contribution in [0.25, 0.3) is 0 Å². The Hall–Kier alpha value is -2.68. The molecule has 3 N–H and O–H groups in total. The van der Waals surface area contributed by atoms with Gasteiger partial charge in [0, 0.05) is 18.7 Å². The zero-order chi connectivity index (χ0) is 16.2. The van der Waals surface area contributed by atoms with Crippen LogP contribution in [0.3, 0.4) is 0 Å². The third-order valence-electron chi connectivity index (χ3n) is 2.50. The van der Waals surface area contributed by atoms with Gasteiger partial charge in [-0.15, -0.1) is 0 Å². The minimum absolute atomic E-state index is 0.0864. The number of hydrazine groups is 1. The molecule has 0 aliphatic carbocycles. The van der Waals surface area contributed by atoms with Gasteiger partial charge in [0.15, 0.2) is 0 Å². The van der Waals surface area contributed by atoms with Crippen molar-refractivity contribution in [2.75, 3.05) is 10.1 Å². The normalized spacial score (nSPS) is 10.8. The Morgan fingerprint density at radius 1 is 1.14 bits per heavy atom. The van der Waals surface area contributed by atoms with Crippen LogP contribution in [-0.4, -0.2) is 24.3 Å². The van der Waals surface area contributed by atoms with E-state index in [2.05, 4.69) is 25.5 Å². The monoisotopic (exact) mass is 321 g/mol. The van der Waals surface area contributed by atoms with Crippen LogP contribution in [0.2, 0.25) is 0 Å². The first-order valence-corrected chi connectivity index (χ1v) is 7.81. The van der Waals surface area contributed by atoms with Gasteiger partial charge in [-0.25, -0.2) is 18.1 Å². The lowest BCUT2D eigenvalue weighted by Gasteiger charge is -2.10. The summed E-state index contributed by atoms with van der Waals surface area (Å²) in [6, 6.07) is 9.46. The average molecular weight is 321 g/mol. The molecule has 22 heavy (non-hydrogen) atoms. The first kappa shape index (κ1) is 15.7. The van der Waals surface area contributed by atoms with Crippen molar-refractivity contribution in [3.8, 4) is 0 Å². The number of aryl methyl sites for hydroxylation is 1. The summed E-state index contributed by atoms with van der Waals surface area (Å²) >= 11 is 0. The largest absolute Gasteiger partial charge is 0.282 e. The Morgan fingerprint density at radius 3 is 2.45 bits per heavy atom. The van der Waals surface area contributed by atoms with E-state index in [4.69, 9.17) is 0 Å². The quantitative estimate of drug-likeness (QED) is 0.709. The molecule has 0 radical (unpaired) electrons. The summed E-state index contributed by atoms with van der Waals surface area (Å²) in [6.07, 6.45) is 0. The number of rotatable bonds is 5. The number of amides is 1. The molecule has 8 nitrogen and oxygen atoms in total. The van der Waals surface area contributed by atoms with E-state index < -0.39 is 10.0 Å². The van der Waals surface area contributed by atoms with Gasteiger partial charge in [0.1, 0.15) is 5.82 Å². The Morgan fingerprint density at radius 2 is 1.82 bits per heavy atom. The van der Waals surface area contributed by atoms with Crippen molar-refractivity contribution in [3.05, 3.63) is 42.1 Å². The molecule has 0 saturated carbocycles. The minimum Gasteiger partial charge on any atom is -0.282 e. The molecule has 1 aromatic heterocycles. The highest BCUT2D eigenvalue weighted by Crippen LogP contribution is 2.14. The molecule has 116 valence electrons. The minimum atomic E-state index is -3.77. The molecule has 0 aliphatic heterocycles. The van der Waals surface area contributed by atoms with Gasteiger partial charge < -0.3 is 0 Å². The lowest BCUT2D eigenvalue weighted by molar-refractivity contribution is -0.118. The van der Waals surface area contributed by atoms with E-state index in [1.54, 1.807) is 31.2 Å². The standard InChI is InChI=1S/C13H15N5O3S/c1-9-8-12(17-16-10(2)19)15-13(14-9)18-22(20,21)11-6-4-3-5-7-11/h3-8H,1-2H3,(H,16,19)(H2,14,15,17,18). The van der Waals surface area contributed by atoms with Gasteiger partial charge in [-0.3, -0.25) is 15.6 Å². The molecule has 0 atom stereocenters. The third-order valence-corrected chi connectivity index (χ3v) is 3.84. The molecule has 0 saturated heterocycles. The number of anilines is 2. The molecule has 0 spiro atoms. The second-order valence-corrected chi connectivity index (χ2v) is 6.13. The highest BCUT2D eigenvalue weighted by atomic mass is 32.2. The van der Waals surface area contributed by atoms with Crippen molar-refractivity contribution in [2.24, 2.45) is 0 Å². The maximum atomic E-state index is 12.2. The zero-order valence-electron chi connectivity index (χ0n) is 12.0. The highest BCUT2D eigenvalue weighted by Gasteiger charge is 2.15. The fourth-order valence-corrected chi connectivity index (χ4v) is 2.57. The fourth-order valence-electron chi connectivity index (χ4n) is 1.61. The van der Waals surface area contributed by atoms with Gasteiger partial charge in [-0.2, -0.15) is 4.98 Å². The molecule has 1 amide bonds. The van der Waals surface area contributed by atoms with Gasteiger partial charge in [0.25, 0.3) is 10.0 Å². The van der Waals surface area contributed by atoms with Gasteiger partial charge in [0.05, 0.1) is 4.90 Å². The summed E-state index contributed by atoms with van der Waals surface area (Å²) in [6.45, 7) is 3.01. The average Bonchev–Trinajstić information content (AvgIpc) is 2.45. The number of benzene rings is 1. The lowest BCUT2D eigenvalue weighted by Crippen LogP contribution is -2.27. The number of hydrogen-bond donors (Lipinski definition) is 3. The summed E-state index contributed by atoms with van der Waals surface area (Å²) in [5, 5.41) is 0. The molecule has 1 heterocycles. The highest BCUT2D eigenvalue weighted by molar-refractivity contribution is 7.92. The van der Waals surface area contributed by atoms with Crippen molar-refractivity contribution in [2.45, 2.75) is 18.7 Å². The summed E-state index contributed by atoms with van der Waals surface area (Å²) in [5.74, 6) is -0.118. The van der Waals surface area contributed by atoms with Crippen molar-refractivity contribution in [3.63, 3.8) is 0 Å². The summed E-state index contributed by atoms with van der Waals surface area (Å²) in [5.41, 5.74) is 5.46. The van der Waals surface area contributed by atoms with E-state index in [1.165, 1.54) is 19.1 Å². The SMILES string of the molecule is CC(=O)NNc1cc(C)nc(NS(=O)(=O)c2ccccc2)n1. The number of nitrogens with zero attached hydrogens (tertiary/aromatic N) is 2. The van der Waals surface area contributed by atoms with Gasteiger partial charge >= 0.3 is 0 Å². The van der Waals surface area contributed by atoms with E-state index >= 15 is 0 Å². The predicted octanol–water partition coefficient (Wildman–Crippen LogP) is 1.05. The Bertz CT molecular complexity index is 778. The third kappa shape index (κ3) is 4.16. The Labute approximate surface area is 128 Å². The van der Waals surface area contributed by atoms with Crippen LogP contribution in [0.15, 0.2) is 41.3 Å². The van der Waals surface area contributed by atoms with Crippen LogP contribution >= 0.6 is 0 Å². The zero-order valence-corrected chi connectivity index (χ0v) is 12.8. The molecular weight excluding hydrogens is 306 g/mol. The van der Waals surface area contributed by atoms with Gasteiger partial charge in [-0.1, -0.05) is 18.2 Å². The first-order valence-electron chi connectivity index (χ1n) is 6.33. The molecule has 0 aliphatic rings. The van der Waals surface area contributed by atoms with E-state index in [9.17, 15) is 13.2 Å². The molecule has 1 aromatic carbocycles. The molecule has 0 unspecified atom stereocenters. The first-order chi connectivity index (χ1) is 10.4.